The van der Waals surface area contributed by atoms with Crippen molar-refractivity contribution in [2.75, 3.05) is 0 Å². The van der Waals surface area contributed by atoms with Crippen molar-refractivity contribution in [1.82, 2.24) is 14.5 Å². The zero-order valence-corrected chi connectivity index (χ0v) is 46.1. The second kappa shape index (κ2) is 18.1. The van der Waals surface area contributed by atoms with E-state index in [0.29, 0.717) is 11.4 Å². The zero-order valence-electron chi connectivity index (χ0n) is 43.8. The largest absolute Gasteiger partial charge is 0.507 e. The predicted octanol–water partition coefficient (Wildman–Crippen LogP) is 19.3. The first-order chi connectivity index (χ1) is 36.8. The van der Waals surface area contributed by atoms with E-state index >= 15 is 0 Å². The molecule has 2 heterocycles. The molecule has 5 heteroatoms. The first-order valence-corrected chi connectivity index (χ1v) is 26.3. The van der Waals surface area contributed by atoms with Crippen LogP contribution >= 0.6 is 0 Å². The van der Waals surface area contributed by atoms with Crippen molar-refractivity contribution < 1.29 is 26.2 Å². The molecule has 0 atom stereocenters. The number of phenolic OH excluding ortho intramolecular Hbond substituents is 1. The van der Waals surface area contributed by atoms with E-state index in [4.69, 9.17) is 9.97 Å². The van der Waals surface area contributed by atoms with Crippen LogP contribution < -0.4 is 0 Å². The Bertz CT molecular complexity index is 4770. The number of phenols is 1. The maximum Gasteiger partial charge on any atom is 0.148 e. The summed E-state index contributed by atoms with van der Waals surface area (Å²) in [5.74, 6) is 0.913. The molecule has 0 unspecified atom stereocenters. The van der Waals surface area contributed by atoms with E-state index in [9.17, 15) is 5.11 Å². The van der Waals surface area contributed by atoms with Crippen molar-refractivity contribution in [2.45, 2.75) is 52.4 Å². The van der Waals surface area contributed by atoms with Gasteiger partial charge in [-0.05, 0) is 141 Å². The van der Waals surface area contributed by atoms with Crippen LogP contribution in [0.15, 0.2) is 212 Å². The van der Waals surface area contributed by atoms with Crippen LogP contribution in [0.25, 0.3) is 137 Å². The van der Waals surface area contributed by atoms with Crippen molar-refractivity contribution in [3.63, 3.8) is 0 Å². The van der Waals surface area contributed by atoms with E-state index in [0.717, 1.165) is 104 Å². The van der Waals surface area contributed by atoms with Gasteiger partial charge in [-0.3, -0.25) is 9.55 Å². The van der Waals surface area contributed by atoms with E-state index in [2.05, 4.69) is 252 Å². The molecule has 0 fully saturated rings. The second-order valence-electron chi connectivity index (χ2n) is 22.8. The number of pyridine rings is 1. The van der Waals surface area contributed by atoms with Crippen LogP contribution in [-0.2, 0) is 31.9 Å². The number of aromatic hydroxyl groups is 1. The van der Waals surface area contributed by atoms with Gasteiger partial charge in [-0.25, -0.2) is 4.98 Å². The average molecular weight is 1170 g/mol. The number of nitrogens with zero attached hydrogens (tertiary/aromatic N) is 3. The van der Waals surface area contributed by atoms with Crippen LogP contribution in [0.5, 0.6) is 5.75 Å². The number of imidazole rings is 1. The number of para-hydroxylation sites is 1. The minimum Gasteiger partial charge on any atom is -0.507 e. The van der Waals surface area contributed by atoms with Crippen molar-refractivity contribution in [3.05, 3.63) is 230 Å². The van der Waals surface area contributed by atoms with Gasteiger partial charge in [-0.15, -0.1) is 17.7 Å². The smallest absolute Gasteiger partial charge is 0.148 e. The van der Waals surface area contributed by atoms with Gasteiger partial charge >= 0.3 is 0 Å². The summed E-state index contributed by atoms with van der Waals surface area (Å²) in [7, 11) is 0. The third-order valence-electron chi connectivity index (χ3n) is 15.8. The van der Waals surface area contributed by atoms with Gasteiger partial charge in [0.15, 0.2) is 0 Å². The topological polar surface area (TPSA) is 50.9 Å². The standard InChI is InChI=1S/C72H54N3O.Pt/c1-71(2,3)55-39-64(69(76)65(40-55)72(4,5)6)70-74-68-58(19-12-20-67(68)75(70)56-30-27-44(28-31-56)43-13-8-7-9-14-43)62-37-54-38-63-57(62)32-29-46-22-25-52(36-60(46)63)50-18-11-16-48(34-50)47-15-10-17-49(33-47)51-24-21-45-23-26-53-42-73-66(54)41-61(53)59(45)35-51;/h7-36,38-42,76H,1-6H3;/q-1;. The minimum absolute atomic E-state index is 0. The summed E-state index contributed by atoms with van der Waals surface area (Å²) in [6, 6.07) is 79.0. The van der Waals surface area contributed by atoms with E-state index < -0.39 is 0 Å². The Balaban J connectivity index is 0.00000566. The molecule has 0 spiro atoms. The summed E-state index contributed by atoms with van der Waals surface area (Å²) in [4.78, 5) is 11.0. The average Bonchev–Trinajstić information content (AvgIpc) is 3.88. The van der Waals surface area contributed by atoms with Crippen molar-refractivity contribution in [3.8, 4) is 45.1 Å². The number of fused-ring (bicyclic) bond motifs is 13. The number of benzene rings is 11. The molecule has 12 aromatic carbocycles. The molecule has 14 aromatic rings. The number of rotatable bonds is 4. The van der Waals surface area contributed by atoms with E-state index in [1.807, 2.05) is 12.3 Å². The normalized spacial score (nSPS) is 12.2. The molecule has 0 radical (unpaired) electrons. The van der Waals surface area contributed by atoms with Crippen LogP contribution in [0.1, 0.15) is 52.7 Å². The van der Waals surface area contributed by atoms with Gasteiger partial charge in [0.05, 0.1) is 16.6 Å². The van der Waals surface area contributed by atoms with Gasteiger partial charge < -0.3 is 5.11 Å². The quantitative estimate of drug-likeness (QED) is 0.141. The molecular weight excluding hydrogens is 1120 g/mol. The third kappa shape index (κ3) is 8.17. The van der Waals surface area contributed by atoms with Gasteiger partial charge in [0.1, 0.15) is 11.6 Å². The molecular formula is C72H54N3OPt-. The Morgan fingerprint density at radius 1 is 0.442 bits per heavy atom. The number of aromatic nitrogens is 3. The molecule has 0 aliphatic carbocycles. The zero-order chi connectivity index (χ0) is 51.6. The van der Waals surface area contributed by atoms with Crippen LogP contribution in [0.2, 0.25) is 0 Å². The molecule has 374 valence electrons. The molecule has 0 saturated carbocycles. The van der Waals surface area contributed by atoms with Gasteiger partial charge in [0.2, 0.25) is 0 Å². The van der Waals surface area contributed by atoms with Crippen LogP contribution in [0, 0.1) is 6.07 Å². The van der Waals surface area contributed by atoms with E-state index in [1.165, 1.54) is 32.3 Å². The van der Waals surface area contributed by atoms with Gasteiger partial charge in [-0.2, -0.15) is 0 Å². The summed E-state index contributed by atoms with van der Waals surface area (Å²) in [5.41, 5.74) is 9.83. The molecule has 14 rings (SSSR count). The predicted molar refractivity (Wildman–Crippen MR) is 322 cm³/mol. The molecule has 0 aliphatic heterocycles. The molecule has 0 aliphatic rings. The molecule has 2 aromatic heterocycles. The van der Waals surface area contributed by atoms with Crippen LogP contribution in [0.4, 0.5) is 0 Å². The van der Waals surface area contributed by atoms with E-state index in [-0.39, 0.29) is 37.6 Å². The Morgan fingerprint density at radius 3 is 1.64 bits per heavy atom. The van der Waals surface area contributed by atoms with Gasteiger partial charge in [0, 0.05) is 44.0 Å². The van der Waals surface area contributed by atoms with Crippen LogP contribution in [0.3, 0.4) is 0 Å². The summed E-state index contributed by atoms with van der Waals surface area (Å²) in [6.45, 7) is 13.2. The van der Waals surface area contributed by atoms with Crippen molar-refractivity contribution >= 4 is 97.3 Å². The molecule has 0 amide bonds. The Morgan fingerprint density at radius 2 is 1.00 bits per heavy atom. The van der Waals surface area contributed by atoms with Gasteiger partial charge in [0.25, 0.3) is 0 Å². The van der Waals surface area contributed by atoms with E-state index in [1.54, 1.807) is 0 Å². The molecule has 0 saturated heterocycles. The Kier molecular flexibility index (Phi) is 11.3. The van der Waals surface area contributed by atoms with Crippen LogP contribution in [-0.4, -0.2) is 19.6 Å². The summed E-state index contributed by atoms with van der Waals surface area (Å²) >= 11 is 0. The first-order valence-electron chi connectivity index (χ1n) is 26.3. The molecule has 12 bridgehead atoms. The number of hydrogen-bond donors (Lipinski definition) is 1. The monoisotopic (exact) mass is 1170 g/mol. The maximum atomic E-state index is 12.6. The summed E-state index contributed by atoms with van der Waals surface area (Å²) in [6.07, 6.45) is 2.02. The fourth-order valence-electron chi connectivity index (χ4n) is 11.6. The minimum atomic E-state index is -0.342. The number of hydrogen-bond acceptors (Lipinski definition) is 3. The summed E-state index contributed by atoms with van der Waals surface area (Å²) < 4.78 is 2.23. The van der Waals surface area contributed by atoms with Gasteiger partial charge in [-0.1, -0.05) is 215 Å². The fraction of sp³-hybridized carbons (Fsp3) is 0.111. The molecule has 4 nitrogen and oxygen atoms in total. The first kappa shape index (κ1) is 48.2. The second-order valence-corrected chi connectivity index (χ2v) is 22.8. The maximum absolute atomic E-state index is 12.6. The molecule has 77 heavy (non-hydrogen) atoms. The summed E-state index contributed by atoms with van der Waals surface area (Å²) in [5, 5.41) is 29.5. The third-order valence-corrected chi connectivity index (χ3v) is 15.8. The SMILES string of the molecule is CC(C)(C)c1cc(-c2nc3c(-c4[c-]c5cc6c4ccc4ccc(cc46)c4cccc(c4)c4cccc(c4)c4ccc6ccc7cnc5cc7c6c4)cccc3n2-c2ccc(-c3ccccc3)cc2)c(O)c(C(C)(C)C)c1.[Pt]. The van der Waals surface area contributed by atoms with Crippen molar-refractivity contribution in [2.24, 2.45) is 0 Å². The Hall–Kier alpha value is -8.43. The fourth-order valence-corrected chi connectivity index (χ4v) is 11.6. The van der Waals surface area contributed by atoms with Crippen molar-refractivity contribution in [1.29, 1.82) is 0 Å². The Labute approximate surface area is 462 Å². The molecule has 1 N–H and O–H groups in total.